The van der Waals surface area contributed by atoms with Gasteiger partial charge in [-0.3, -0.25) is 23.6 Å². The molecule has 1 aromatic carbocycles. The van der Waals surface area contributed by atoms with Gasteiger partial charge in [-0.25, -0.2) is 14.2 Å². The summed E-state index contributed by atoms with van der Waals surface area (Å²) < 4.78 is 23.6. The van der Waals surface area contributed by atoms with Crippen molar-refractivity contribution in [2.45, 2.75) is 44.4 Å². The van der Waals surface area contributed by atoms with Crippen molar-refractivity contribution in [3.8, 4) is 5.75 Å². The Morgan fingerprint density at radius 3 is 2.42 bits per heavy atom. The molecule has 0 unspecified atom stereocenters. The van der Waals surface area contributed by atoms with Gasteiger partial charge >= 0.3 is 5.69 Å². The highest BCUT2D eigenvalue weighted by atomic mass is 19.1. The monoisotopic (exact) mass is 498 g/mol. The summed E-state index contributed by atoms with van der Waals surface area (Å²) in [5.74, 6) is -0.0840. The number of benzene rings is 1. The summed E-state index contributed by atoms with van der Waals surface area (Å²) in [6, 6.07) is 6.92. The quantitative estimate of drug-likeness (QED) is 0.523. The SMILES string of the molecule is Cn1c(=O)c2c(ncn2CC(=O)N2CCC(N3CCC(Oc4ccccc4F)CC3)CC2)n(C)c1=O. The van der Waals surface area contributed by atoms with Gasteiger partial charge in [0.05, 0.1) is 6.33 Å². The third kappa shape index (κ3) is 4.55. The number of likely N-dealkylation sites (tertiary alicyclic amines) is 2. The Balaban J connectivity index is 1.14. The lowest BCUT2D eigenvalue weighted by molar-refractivity contribution is -0.133. The van der Waals surface area contributed by atoms with E-state index in [1.165, 1.54) is 28.6 Å². The van der Waals surface area contributed by atoms with Crippen LogP contribution in [0.4, 0.5) is 4.39 Å². The lowest BCUT2D eigenvalue weighted by atomic mass is 9.98. The molecule has 5 rings (SSSR count). The number of hydrogen-bond donors (Lipinski definition) is 0. The Labute approximate surface area is 207 Å². The van der Waals surface area contributed by atoms with E-state index in [1.54, 1.807) is 25.2 Å². The molecular formula is C25H31FN6O4. The first-order valence-electron chi connectivity index (χ1n) is 12.4. The van der Waals surface area contributed by atoms with Crippen molar-refractivity contribution in [3.63, 3.8) is 0 Å². The molecule has 2 aliphatic heterocycles. The van der Waals surface area contributed by atoms with Gasteiger partial charge in [-0.15, -0.1) is 0 Å². The molecule has 0 saturated carbocycles. The summed E-state index contributed by atoms with van der Waals surface area (Å²) in [5.41, 5.74) is -0.381. The second-order valence-electron chi connectivity index (χ2n) is 9.65. The number of carbonyl (C=O) groups excluding carboxylic acids is 1. The zero-order valence-electron chi connectivity index (χ0n) is 20.6. The Morgan fingerprint density at radius 1 is 1.03 bits per heavy atom. The first-order chi connectivity index (χ1) is 17.3. The van der Waals surface area contributed by atoms with Gasteiger partial charge in [0.15, 0.2) is 22.7 Å². The highest BCUT2D eigenvalue weighted by molar-refractivity contribution is 5.79. The number of rotatable bonds is 5. The summed E-state index contributed by atoms with van der Waals surface area (Å²) in [5, 5.41) is 0. The molecule has 0 N–H and O–H groups in total. The van der Waals surface area contributed by atoms with Crippen molar-refractivity contribution < 1.29 is 13.9 Å². The fraction of sp³-hybridized carbons (Fsp3) is 0.520. The van der Waals surface area contributed by atoms with E-state index in [0.717, 1.165) is 43.3 Å². The Kier molecular flexibility index (Phi) is 6.65. The molecule has 192 valence electrons. The van der Waals surface area contributed by atoms with Crippen LogP contribution in [-0.4, -0.2) is 72.7 Å². The van der Waals surface area contributed by atoms with Gasteiger partial charge in [0, 0.05) is 46.3 Å². The molecule has 2 saturated heterocycles. The van der Waals surface area contributed by atoms with Crippen LogP contribution in [0, 0.1) is 5.82 Å². The average molecular weight is 499 g/mol. The number of amides is 1. The van der Waals surface area contributed by atoms with E-state index >= 15 is 0 Å². The molecule has 3 aromatic rings. The second-order valence-corrected chi connectivity index (χ2v) is 9.65. The second kappa shape index (κ2) is 9.88. The Bertz CT molecular complexity index is 1380. The molecule has 2 fully saturated rings. The number of imidazole rings is 1. The summed E-state index contributed by atoms with van der Waals surface area (Å²) >= 11 is 0. The van der Waals surface area contributed by atoms with Crippen LogP contribution in [-0.2, 0) is 25.4 Å². The number of nitrogens with zero attached hydrogens (tertiary/aromatic N) is 6. The van der Waals surface area contributed by atoms with Crippen LogP contribution >= 0.6 is 0 Å². The van der Waals surface area contributed by atoms with E-state index in [-0.39, 0.29) is 35.5 Å². The maximum absolute atomic E-state index is 13.9. The van der Waals surface area contributed by atoms with E-state index < -0.39 is 11.2 Å². The molecular weight excluding hydrogens is 467 g/mol. The van der Waals surface area contributed by atoms with Crippen LogP contribution in [0.3, 0.4) is 0 Å². The molecule has 10 nitrogen and oxygen atoms in total. The summed E-state index contributed by atoms with van der Waals surface area (Å²) in [7, 11) is 2.98. The van der Waals surface area contributed by atoms with Crippen molar-refractivity contribution in [3.05, 3.63) is 57.2 Å². The summed E-state index contributed by atoms with van der Waals surface area (Å²) in [6.45, 7) is 3.09. The molecule has 4 heterocycles. The number of fused-ring (bicyclic) bond motifs is 1. The first-order valence-corrected chi connectivity index (χ1v) is 12.4. The number of halogens is 1. The molecule has 2 aromatic heterocycles. The van der Waals surface area contributed by atoms with E-state index in [1.807, 2.05) is 4.90 Å². The van der Waals surface area contributed by atoms with Crippen molar-refractivity contribution in [2.75, 3.05) is 26.2 Å². The predicted octanol–water partition coefficient (Wildman–Crippen LogP) is 1.11. The zero-order chi connectivity index (χ0) is 25.4. The number of carbonyl (C=O) groups is 1. The molecule has 0 atom stereocenters. The molecule has 1 amide bonds. The summed E-state index contributed by atoms with van der Waals surface area (Å²) in [4.78, 5) is 46.3. The lowest BCUT2D eigenvalue weighted by Crippen LogP contribution is -2.50. The minimum atomic E-state index is -0.459. The van der Waals surface area contributed by atoms with Crippen molar-refractivity contribution >= 4 is 17.1 Å². The maximum Gasteiger partial charge on any atom is 0.332 e. The van der Waals surface area contributed by atoms with Crippen LogP contribution in [0.5, 0.6) is 5.75 Å². The average Bonchev–Trinajstić information content (AvgIpc) is 3.31. The number of ether oxygens (including phenoxy) is 1. The Hall–Kier alpha value is -3.47. The smallest absolute Gasteiger partial charge is 0.332 e. The number of para-hydroxylation sites is 1. The third-order valence-electron chi connectivity index (χ3n) is 7.46. The van der Waals surface area contributed by atoms with Gasteiger partial charge in [-0.2, -0.15) is 0 Å². The minimum absolute atomic E-state index is 0.00733. The van der Waals surface area contributed by atoms with Gasteiger partial charge in [0.2, 0.25) is 5.91 Å². The fourth-order valence-electron chi connectivity index (χ4n) is 5.32. The van der Waals surface area contributed by atoms with E-state index in [0.29, 0.717) is 24.9 Å². The molecule has 36 heavy (non-hydrogen) atoms. The van der Waals surface area contributed by atoms with Crippen molar-refractivity contribution in [2.24, 2.45) is 14.1 Å². The van der Waals surface area contributed by atoms with Gasteiger partial charge in [0.1, 0.15) is 12.6 Å². The number of piperidine rings is 2. The predicted molar refractivity (Wildman–Crippen MR) is 131 cm³/mol. The van der Waals surface area contributed by atoms with Crippen LogP contribution < -0.4 is 16.0 Å². The minimum Gasteiger partial charge on any atom is -0.487 e. The normalized spacial score (nSPS) is 18.1. The standard InChI is InChI=1S/C25H31FN6O4/c1-28-23-22(24(34)29(2)25(28)35)32(16-27-23)15-21(33)31-11-7-17(8-12-31)30-13-9-18(10-14-30)36-20-6-4-3-5-19(20)26/h3-6,16-18H,7-15H2,1-2H3. The highest BCUT2D eigenvalue weighted by Gasteiger charge is 2.30. The molecule has 0 spiro atoms. The van der Waals surface area contributed by atoms with Gasteiger partial charge in [0.25, 0.3) is 5.56 Å². The van der Waals surface area contributed by atoms with Crippen LogP contribution in [0.2, 0.25) is 0 Å². The number of aromatic nitrogens is 4. The van der Waals surface area contributed by atoms with E-state index in [4.69, 9.17) is 4.74 Å². The molecule has 0 bridgehead atoms. The largest absolute Gasteiger partial charge is 0.487 e. The van der Waals surface area contributed by atoms with Crippen LogP contribution in [0.25, 0.3) is 11.2 Å². The topological polar surface area (TPSA) is 94.6 Å². The lowest BCUT2D eigenvalue weighted by Gasteiger charge is -2.41. The summed E-state index contributed by atoms with van der Waals surface area (Å²) in [6.07, 6.45) is 4.91. The van der Waals surface area contributed by atoms with Gasteiger partial charge < -0.3 is 14.2 Å². The fourth-order valence-corrected chi connectivity index (χ4v) is 5.32. The van der Waals surface area contributed by atoms with E-state index in [2.05, 4.69) is 9.88 Å². The third-order valence-corrected chi connectivity index (χ3v) is 7.46. The van der Waals surface area contributed by atoms with Crippen molar-refractivity contribution in [1.29, 1.82) is 0 Å². The first kappa shape index (κ1) is 24.2. The zero-order valence-corrected chi connectivity index (χ0v) is 20.6. The molecule has 11 heteroatoms. The highest BCUT2D eigenvalue weighted by Crippen LogP contribution is 2.25. The van der Waals surface area contributed by atoms with E-state index in [9.17, 15) is 18.8 Å². The molecule has 0 radical (unpaired) electrons. The molecule has 2 aliphatic rings. The molecule has 0 aliphatic carbocycles. The number of hydrogen-bond acceptors (Lipinski definition) is 6. The Morgan fingerprint density at radius 2 is 1.72 bits per heavy atom. The maximum atomic E-state index is 13.9. The van der Waals surface area contributed by atoms with Crippen molar-refractivity contribution in [1.82, 2.24) is 28.5 Å². The van der Waals surface area contributed by atoms with Crippen LogP contribution in [0.15, 0.2) is 40.2 Å². The van der Waals surface area contributed by atoms with Gasteiger partial charge in [-0.05, 0) is 37.8 Å². The van der Waals surface area contributed by atoms with Gasteiger partial charge in [-0.1, -0.05) is 12.1 Å². The van der Waals surface area contributed by atoms with Crippen LogP contribution in [0.1, 0.15) is 25.7 Å². The number of aryl methyl sites for hydroxylation is 1.